The fourth-order valence-corrected chi connectivity index (χ4v) is 2.72. The van der Waals surface area contributed by atoms with Crippen LogP contribution in [0.5, 0.6) is 0 Å². The number of ether oxygens (including phenoxy) is 1. The van der Waals surface area contributed by atoms with Gasteiger partial charge in [-0.15, -0.1) is 0 Å². The lowest BCUT2D eigenvalue weighted by atomic mass is 10.2. The predicted octanol–water partition coefficient (Wildman–Crippen LogP) is 1.02. The Kier molecular flexibility index (Phi) is 5.00. The van der Waals surface area contributed by atoms with Gasteiger partial charge in [-0.25, -0.2) is 0 Å². The highest BCUT2D eigenvalue weighted by molar-refractivity contribution is 5.69. The van der Waals surface area contributed by atoms with Crippen molar-refractivity contribution in [3.8, 4) is 0 Å². The lowest BCUT2D eigenvalue weighted by Gasteiger charge is -2.15. The van der Waals surface area contributed by atoms with Crippen molar-refractivity contribution >= 4 is 5.97 Å². The van der Waals surface area contributed by atoms with Crippen molar-refractivity contribution in [1.29, 1.82) is 0 Å². The van der Waals surface area contributed by atoms with E-state index in [0.29, 0.717) is 6.54 Å². The molecule has 0 unspecified atom stereocenters. The van der Waals surface area contributed by atoms with Gasteiger partial charge in [0.2, 0.25) is 0 Å². The second-order valence-corrected chi connectivity index (χ2v) is 6.02. The van der Waals surface area contributed by atoms with Gasteiger partial charge in [-0.05, 0) is 34.1 Å². The summed E-state index contributed by atoms with van der Waals surface area (Å²) in [4.78, 5) is 14.0. The molecule has 6 nitrogen and oxygen atoms in total. The van der Waals surface area contributed by atoms with Crippen LogP contribution in [0.4, 0.5) is 0 Å². The Bertz CT molecular complexity index is 511. The Hall–Kier alpha value is -1.40. The van der Waals surface area contributed by atoms with Crippen LogP contribution in [-0.2, 0) is 22.6 Å². The molecule has 0 aromatic carbocycles. The zero-order valence-corrected chi connectivity index (χ0v) is 13.3. The third kappa shape index (κ3) is 4.04. The number of hydrogen-bond acceptors (Lipinski definition) is 5. The molecule has 118 valence electrons. The normalized spacial score (nSPS) is 19.4. The van der Waals surface area contributed by atoms with Crippen LogP contribution in [0.1, 0.15) is 37.2 Å². The molecule has 0 aliphatic carbocycles. The van der Waals surface area contributed by atoms with Gasteiger partial charge in [-0.1, -0.05) is 0 Å². The summed E-state index contributed by atoms with van der Waals surface area (Å²) in [6.07, 6.45) is 0.495. The molecule has 0 radical (unpaired) electrons. The van der Waals surface area contributed by atoms with E-state index >= 15 is 0 Å². The van der Waals surface area contributed by atoms with Gasteiger partial charge in [0.05, 0.1) is 17.9 Å². The minimum Gasteiger partial charge on any atom is -0.462 e. The summed E-state index contributed by atoms with van der Waals surface area (Å²) in [6.45, 7) is 10.1. The van der Waals surface area contributed by atoms with Crippen molar-refractivity contribution in [1.82, 2.24) is 14.7 Å². The van der Waals surface area contributed by atoms with E-state index in [1.54, 1.807) is 4.68 Å². The molecular weight excluding hydrogens is 270 g/mol. The molecule has 6 heteroatoms. The molecule has 0 spiro atoms. The maximum absolute atomic E-state index is 11.8. The van der Waals surface area contributed by atoms with E-state index in [4.69, 9.17) is 4.74 Å². The van der Waals surface area contributed by atoms with Gasteiger partial charge in [0.25, 0.3) is 0 Å². The molecule has 1 aliphatic rings. The summed E-state index contributed by atoms with van der Waals surface area (Å²) in [5, 5.41) is 14.0. The predicted molar refractivity (Wildman–Crippen MR) is 78.8 cm³/mol. The minimum atomic E-state index is -0.265. The Labute approximate surface area is 125 Å². The van der Waals surface area contributed by atoms with Crippen molar-refractivity contribution in [3.63, 3.8) is 0 Å². The topological polar surface area (TPSA) is 67.6 Å². The average Bonchev–Trinajstić information content (AvgIpc) is 2.88. The highest BCUT2D eigenvalue weighted by Crippen LogP contribution is 2.19. The fourth-order valence-electron chi connectivity index (χ4n) is 2.72. The number of aliphatic hydroxyl groups is 1. The lowest BCUT2D eigenvalue weighted by molar-refractivity contribution is -0.148. The smallest absolute Gasteiger partial charge is 0.328 e. The number of aryl methyl sites for hydroxylation is 1. The van der Waals surface area contributed by atoms with Gasteiger partial charge in [0, 0.05) is 30.9 Å². The monoisotopic (exact) mass is 295 g/mol. The number of likely N-dealkylation sites (tertiary alicyclic amines) is 1. The number of β-amino-alcohol motifs (C(OH)–C–C–N with tert-alkyl or cyclic N) is 1. The highest BCUT2D eigenvalue weighted by Gasteiger charge is 2.23. The zero-order chi connectivity index (χ0) is 15.6. The number of hydrogen-bond donors (Lipinski definition) is 1. The first-order valence-corrected chi connectivity index (χ1v) is 7.49. The molecule has 1 atom stereocenters. The van der Waals surface area contributed by atoms with Crippen LogP contribution in [0.3, 0.4) is 0 Å². The standard InChI is InChI=1S/C15H25N3O3/c1-10(2)21-15(20)9-18-12(4)14(11(3)16-18)8-17-6-5-13(19)7-17/h10,13,19H,5-9H2,1-4H3/t13-/m1/s1. The molecule has 1 aliphatic heterocycles. The fraction of sp³-hybridized carbons (Fsp3) is 0.733. The molecular formula is C15H25N3O3. The maximum atomic E-state index is 11.8. The van der Waals surface area contributed by atoms with E-state index in [1.807, 2.05) is 27.7 Å². The van der Waals surface area contributed by atoms with Crippen LogP contribution < -0.4 is 0 Å². The molecule has 2 rings (SSSR count). The van der Waals surface area contributed by atoms with Gasteiger partial charge in [0.1, 0.15) is 6.54 Å². The molecule has 1 N–H and O–H groups in total. The second-order valence-electron chi connectivity index (χ2n) is 6.02. The molecule has 1 aromatic heterocycles. The maximum Gasteiger partial charge on any atom is 0.328 e. The minimum absolute atomic E-state index is 0.111. The van der Waals surface area contributed by atoms with Crippen LogP contribution >= 0.6 is 0 Å². The van der Waals surface area contributed by atoms with Gasteiger partial charge in [-0.2, -0.15) is 5.10 Å². The molecule has 1 saturated heterocycles. The summed E-state index contributed by atoms with van der Waals surface area (Å²) in [6, 6.07) is 0. The second kappa shape index (κ2) is 6.58. The Morgan fingerprint density at radius 1 is 1.48 bits per heavy atom. The number of nitrogens with zero attached hydrogens (tertiary/aromatic N) is 3. The first-order chi connectivity index (χ1) is 9.86. The Morgan fingerprint density at radius 2 is 2.19 bits per heavy atom. The van der Waals surface area contributed by atoms with E-state index < -0.39 is 0 Å². The number of carbonyl (C=O) groups is 1. The van der Waals surface area contributed by atoms with Gasteiger partial charge < -0.3 is 9.84 Å². The van der Waals surface area contributed by atoms with E-state index in [0.717, 1.165) is 36.5 Å². The molecule has 1 aromatic rings. The van der Waals surface area contributed by atoms with Crippen LogP contribution in [0.2, 0.25) is 0 Å². The number of esters is 1. The number of aromatic nitrogens is 2. The van der Waals surface area contributed by atoms with E-state index in [2.05, 4.69) is 10.00 Å². The molecule has 0 amide bonds. The van der Waals surface area contributed by atoms with Crippen LogP contribution in [0.15, 0.2) is 0 Å². The molecule has 0 saturated carbocycles. The Morgan fingerprint density at radius 3 is 2.76 bits per heavy atom. The first-order valence-electron chi connectivity index (χ1n) is 7.49. The van der Waals surface area contributed by atoms with E-state index in [9.17, 15) is 9.90 Å². The van der Waals surface area contributed by atoms with E-state index in [-0.39, 0.29) is 24.7 Å². The SMILES string of the molecule is Cc1nn(CC(=O)OC(C)C)c(C)c1CN1CC[C@@H](O)C1. The largest absolute Gasteiger partial charge is 0.462 e. The van der Waals surface area contributed by atoms with Crippen molar-refractivity contribution in [3.05, 3.63) is 17.0 Å². The summed E-state index contributed by atoms with van der Waals surface area (Å²) in [7, 11) is 0. The zero-order valence-electron chi connectivity index (χ0n) is 13.3. The molecule has 0 bridgehead atoms. The van der Waals surface area contributed by atoms with Crippen molar-refractivity contribution < 1.29 is 14.6 Å². The number of rotatable bonds is 5. The number of aliphatic hydroxyl groups excluding tert-OH is 1. The summed E-state index contributed by atoms with van der Waals surface area (Å²) >= 11 is 0. The Balaban J connectivity index is 2.05. The van der Waals surface area contributed by atoms with E-state index in [1.165, 1.54) is 0 Å². The average molecular weight is 295 g/mol. The van der Waals surface area contributed by atoms with Crippen LogP contribution in [-0.4, -0.2) is 51.1 Å². The highest BCUT2D eigenvalue weighted by atomic mass is 16.5. The van der Waals surface area contributed by atoms with Crippen molar-refractivity contribution in [2.45, 2.75) is 59.4 Å². The van der Waals surface area contributed by atoms with Gasteiger partial charge >= 0.3 is 5.97 Å². The summed E-state index contributed by atoms with van der Waals surface area (Å²) < 4.78 is 6.87. The lowest BCUT2D eigenvalue weighted by Crippen LogP contribution is -2.22. The molecule has 21 heavy (non-hydrogen) atoms. The van der Waals surface area contributed by atoms with Crippen LogP contribution in [0.25, 0.3) is 0 Å². The number of carbonyl (C=O) groups excluding carboxylic acids is 1. The van der Waals surface area contributed by atoms with Crippen molar-refractivity contribution in [2.75, 3.05) is 13.1 Å². The summed E-state index contributed by atoms with van der Waals surface area (Å²) in [5.41, 5.74) is 3.07. The molecule has 2 heterocycles. The first kappa shape index (κ1) is 16.0. The summed E-state index contributed by atoms with van der Waals surface area (Å²) in [5.74, 6) is -0.265. The third-order valence-electron chi connectivity index (χ3n) is 3.81. The van der Waals surface area contributed by atoms with Crippen LogP contribution in [0, 0.1) is 13.8 Å². The van der Waals surface area contributed by atoms with Gasteiger partial charge in [-0.3, -0.25) is 14.4 Å². The third-order valence-corrected chi connectivity index (χ3v) is 3.81. The quantitative estimate of drug-likeness (QED) is 0.821. The van der Waals surface area contributed by atoms with Gasteiger partial charge in [0.15, 0.2) is 0 Å². The molecule has 1 fully saturated rings. The van der Waals surface area contributed by atoms with Crippen molar-refractivity contribution in [2.24, 2.45) is 0 Å².